The van der Waals surface area contributed by atoms with Crippen LogP contribution in [-0.2, 0) is 4.79 Å². The molecule has 4 N–H and O–H groups in total. The van der Waals surface area contributed by atoms with Gasteiger partial charge in [-0.15, -0.1) is 0 Å². The van der Waals surface area contributed by atoms with Gasteiger partial charge in [-0.25, -0.2) is 10.9 Å². The molecule has 0 saturated carbocycles. The molecule has 9 nitrogen and oxygen atoms in total. The standard InChI is InChI=1S/C25H33N3O6/c1-13-9-14(2)23(30)16(10-13)20-19-21(27-26-20)25(31)28(7-6-8-29)22(19)15-11-17(32-3)24(34-5)18(12-15)33-4/h9-12,19-22,26-27,29-30H,6-8H2,1-5H3. The lowest BCUT2D eigenvalue weighted by atomic mass is 9.82. The van der Waals surface area contributed by atoms with Gasteiger partial charge in [-0.05, 0) is 43.5 Å². The van der Waals surface area contributed by atoms with Crippen LogP contribution in [-0.4, -0.2) is 61.5 Å². The van der Waals surface area contributed by atoms with Crippen molar-refractivity contribution in [3.63, 3.8) is 0 Å². The fraction of sp³-hybridized carbons (Fsp3) is 0.480. The van der Waals surface area contributed by atoms with Crippen molar-refractivity contribution in [2.75, 3.05) is 34.5 Å². The SMILES string of the molecule is COc1cc(C2C3C(NNC3c3cc(C)cc(C)c3O)C(=O)N2CCCO)cc(OC)c1OC. The normalized spacial score (nSPS) is 23.8. The summed E-state index contributed by atoms with van der Waals surface area (Å²) < 4.78 is 16.6. The highest BCUT2D eigenvalue weighted by molar-refractivity contribution is 5.86. The van der Waals surface area contributed by atoms with Gasteiger partial charge in [-0.3, -0.25) is 4.79 Å². The number of aromatic hydroxyl groups is 1. The topological polar surface area (TPSA) is 113 Å². The molecule has 9 heteroatoms. The molecule has 0 radical (unpaired) electrons. The number of hydrogen-bond donors (Lipinski definition) is 4. The summed E-state index contributed by atoms with van der Waals surface area (Å²) in [6, 6.07) is 6.45. The fourth-order valence-corrected chi connectivity index (χ4v) is 5.36. The number of aryl methyl sites for hydroxylation is 2. The highest BCUT2D eigenvalue weighted by Crippen LogP contribution is 2.51. The van der Waals surface area contributed by atoms with E-state index in [1.807, 2.05) is 38.1 Å². The molecular formula is C25H33N3O6. The van der Waals surface area contributed by atoms with E-state index in [2.05, 4.69) is 10.9 Å². The number of phenolic OH excluding ortho intramolecular Hbond substituents is 1. The molecule has 184 valence electrons. The Bertz CT molecular complexity index is 1050. The minimum atomic E-state index is -0.493. The van der Waals surface area contributed by atoms with E-state index >= 15 is 0 Å². The average molecular weight is 472 g/mol. The lowest BCUT2D eigenvalue weighted by Gasteiger charge is -2.32. The summed E-state index contributed by atoms with van der Waals surface area (Å²) in [5, 5.41) is 20.4. The average Bonchev–Trinajstić information content (AvgIpc) is 3.37. The molecule has 0 bridgehead atoms. The molecular weight excluding hydrogens is 438 g/mol. The van der Waals surface area contributed by atoms with E-state index in [0.717, 1.165) is 22.3 Å². The van der Waals surface area contributed by atoms with Crippen LogP contribution in [0.2, 0.25) is 0 Å². The van der Waals surface area contributed by atoms with Crippen molar-refractivity contribution < 1.29 is 29.2 Å². The number of hydrazine groups is 1. The zero-order valence-electron chi connectivity index (χ0n) is 20.2. The van der Waals surface area contributed by atoms with Crippen molar-refractivity contribution in [1.29, 1.82) is 0 Å². The number of nitrogens with one attached hydrogen (secondary N) is 2. The second-order valence-electron chi connectivity index (χ2n) is 8.85. The molecule has 0 spiro atoms. The summed E-state index contributed by atoms with van der Waals surface area (Å²) in [5.74, 6) is 1.40. The van der Waals surface area contributed by atoms with Crippen LogP contribution in [0.25, 0.3) is 0 Å². The minimum Gasteiger partial charge on any atom is -0.507 e. The number of rotatable bonds is 8. The van der Waals surface area contributed by atoms with Crippen LogP contribution >= 0.6 is 0 Å². The summed E-state index contributed by atoms with van der Waals surface area (Å²) in [5.41, 5.74) is 9.81. The molecule has 4 atom stereocenters. The van der Waals surface area contributed by atoms with E-state index in [1.54, 1.807) is 26.2 Å². The largest absolute Gasteiger partial charge is 0.507 e. The number of likely N-dealkylation sites (tertiary alicyclic amines) is 1. The first-order valence-electron chi connectivity index (χ1n) is 11.4. The summed E-state index contributed by atoms with van der Waals surface area (Å²) in [7, 11) is 4.66. The van der Waals surface area contributed by atoms with Gasteiger partial charge in [0.05, 0.1) is 33.4 Å². The van der Waals surface area contributed by atoms with Gasteiger partial charge >= 0.3 is 0 Å². The van der Waals surface area contributed by atoms with Crippen LogP contribution in [0.15, 0.2) is 24.3 Å². The van der Waals surface area contributed by atoms with Gasteiger partial charge in [0.1, 0.15) is 11.8 Å². The number of aliphatic hydroxyl groups excluding tert-OH is 1. The number of nitrogens with zero attached hydrogens (tertiary/aromatic N) is 1. The van der Waals surface area contributed by atoms with Crippen LogP contribution in [0.5, 0.6) is 23.0 Å². The van der Waals surface area contributed by atoms with E-state index in [-0.39, 0.29) is 36.3 Å². The number of carbonyl (C=O) groups is 1. The molecule has 0 aliphatic carbocycles. The fourth-order valence-electron chi connectivity index (χ4n) is 5.36. The van der Waals surface area contributed by atoms with Gasteiger partial charge in [0, 0.05) is 24.6 Å². The Morgan fingerprint density at radius 1 is 0.971 bits per heavy atom. The van der Waals surface area contributed by atoms with Crippen molar-refractivity contribution in [3.8, 4) is 23.0 Å². The lowest BCUT2D eigenvalue weighted by molar-refractivity contribution is -0.130. The van der Waals surface area contributed by atoms with Crippen molar-refractivity contribution >= 4 is 5.91 Å². The minimum absolute atomic E-state index is 0.0198. The van der Waals surface area contributed by atoms with Gasteiger partial charge < -0.3 is 29.3 Å². The Kier molecular flexibility index (Phi) is 6.88. The van der Waals surface area contributed by atoms with Crippen molar-refractivity contribution in [2.24, 2.45) is 5.92 Å². The number of methoxy groups -OCH3 is 3. The number of carbonyl (C=O) groups excluding carboxylic acids is 1. The molecule has 2 aromatic carbocycles. The first kappa shape index (κ1) is 24.1. The maximum Gasteiger partial charge on any atom is 0.242 e. The number of phenols is 1. The zero-order chi connectivity index (χ0) is 24.6. The molecule has 1 amide bonds. The Hall–Kier alpha value is -3.01. The third-order valence-corrected chi connectivity index (χ3v) is 6.81. The maximum atomic E-state index is 13.5. The quantitative estimate of drug-likeness (QED) is 0.463. The van der Waals surface area contributed by atoms with Crippen LogP contribution < -0.4 is 25.1 Å². The van der Waals surface area contributed by atoms with Crippen molar-refractivity contribution in [3.05, 3.63) is 46.5 Å². The third kappa shape index (κ3) is 3.93. The van der Waals surface area contributed by atoms with Crippen LogP contribution in [0, 0.1) is 19.8 Å². The van der Waals surface area contributed by atoms with Crippen LogP contribution in [0.4, 0.5) is 0 Å². The van der Waals surface area contributed by atoms with E-state index in [9.17, 15) is 15.0 Å². The second kappa shape index (κ2) is 9.69. The van der Waals surface area contributed by atoms with Gasteiger partial charge in [0.15, 0.2) is 11.5 Å². The maximum absolute atomic E-state index is 13.5. The molecule has 2 saturated heterocycles. The monoisotopic (exact) mass is 471 g/mol. The number of hydrogen-bond acceptors (Lipinski definition) is 8. The highest BCUT2D eigenvalue weighted by Gasteiger charge is 2.56. The van der Waals surface area contributed by atoms with Gasteiger partial charge in [0.25, 0.3) is 0 Å². The summed E-state index contributed by atoms with van der Waals surface area (Å²) >= 11 is 0. The molecule has 2 aromatic rings. The molecule has 4 unspecified atom stereocenters. The van der Waals surface area contributed by atoms with Gasteiger partial charge in [-0.2, -0.15) is 0 Å². The van der Waals surface area contributed by atoms with Crippen LogP contribution in [0.1, 0.15) is 40.8 Å². The first-order valence-corrected chi connectivity index (χ1v) is 11.4. The molecule has 2 aliphatic heterocycles. The predicted molar refractivity (Wildman–Crippen MR) is 126 cm³/mol. The Labute approximate surface area is 199 Å². The molecule has 2 fully saturated rings. The number of aliphatic hydroxyl groups is 1. The van der Waals surface area contributed by atoms with E-state index in [4.69, 9.17) is 14.2 Å². The number of ether oxygens (including phenoxy) is 3. The van der Waals surface area contributed by atoms with E-state index < -0.39 is 6.04 Å². The Morgan fingerprint density at radius 2 is 1.62 bits per heavy atom. The van der Waals surface area contributed by atoms with E-state index in [1.165, 1.54) is 0 Å². The Morgan fingerprint density at radius 3 is 2.21 bits per heavy atom. The zero-order valence-corrected chi connectivity index (χ0v) is 20.2. The van der Waals surface area contributed by atoms with Gasteiger partial charge in [0.2, 0.25) is 11.7 Å². The lowest BCUT2D eigenvalue weighted by Crippen LogP contribution is -2.41. The second-order valence-corrected chi connectivity index (χ2v) is 8.85. The number of benzene rings is 2. The predicted octanol–water partition coefficient (Wildman–Crippen LogP) is 2.13. The molecule has 4 rings (SSSR count). The number of amides is 1. The molecule has 34 heavy (non-hydrogen) atoms. The highest BCUT2D eigenvalue weighted by atomic mass is 16.5. The summed E-state index contributed by atoms with van der Waals surface area (Å²) in [4.78, 5) is 15.3. The Balaban J connectivity index is 1.86. The van der Waals surface area contributed by atoms with Gasteiger partial charge in [-0.1, -0.05) is 17.7 Å². The molecule has 0 aromatic heterocycles. The van der Waals surface area contributed by atoms with Crippen LogP contribution in [0.3, 0.4) is 0 Å². The molecule has 2 aliphatic rings. The molecule has 2 heterocycles. The summed E-state index contributed by atoms with van der Waals surface area (Å²) in [6.45, 7) is 4.24. The van der Waals surface area contributed by atoms with Crippen molar-refractivity contribution in [2.45, 2.75) is 38.4 Å². The van der Waals surface area contributed by atoms with E-state index in [0.29, 0.717) is 30.2 Å². The third-order valence-electron chi connectivity index (χ3n) is 6.81. The van der Waals surface area contributed by atoms with Crippen molar-refractivity contribution in [1.82, 2.24) is 15.8 Å². The first-order chi connectivity index (χ1) is 16.4. The smallest absolute Gasteiger partial charge is 0.242 e. The number of fused-ring (bicyclic) bond motifs is 1. The summed E-state index contributed by atoms with van der Waals surface area (Å²) in [6.07, 6.45) is 0.457.